The Morgan fingerprint density at radius 2 is 2.27 bits per heavy atom. The minimum Gasteiger partial charge on any atom is -0.508 e. The monoisotopic (exact) mass is 205 g/mol. The van der Waals surface area contributed by atoms with Gasteiger partial charge in [0, 0.05) is 19.3 Å². The first-order chi connectivity index (χ1) is 7.16. The molecule has 1 aliphatic rings. The number of hydrogen-bond acceptors (Lipinski definition) is 4. The van der Waals surface area contributed by atoms with E-state index in [0.717, 1.165) is 30.3 Å². The van der Waals surface area contributed by atoms with Crippen LogP contribution in [0.1, 0.15) is 5.56 Å². The molecule has 0 unspecified atom stereocenters. The van der Waals surface area contributed by atoms with Crippen LogP contribution in [0.4, 0.5) is 5.69 Å². The van der Waals surface area contributed by atoms with Crippen molar-refractivity contribution >= 4 is 11.6 Å². The Hall–Kier alpha value is -1.71. The Morgan fingerprint density at radius 3 is 2.87 bits per heavy atom. The molecule has 2 rings (SSSR count). The maximum absolute atomic E-state index is 9.28. The highest BCUT2D eigenvalue weighted by atomic mass is 16.3. The number of phenolic OH excluding ortho intramolecular Hbond substituents is 1. The fraction of sp³-hybridized carbons (Fsp3) is 0.364. The third kappa shape index (κ3) is 2.03. The van der Waals surface area contributed by atoms with Crippen LogP contribution in [0.2, 0.25) is 0 Å². The molecule has 0 aromatic heterocycles. The number of likely N-dealkylation sites (N-methyl/N-ethyl adjacent to an activating group) is 1. The number of aryl methyl sites for hydroxylation is 1. The molecule has 2 N–H and O–H groups in total. The van der Waals surface area contributed by atoms with Crippen LogP contribution in [0.3, 0.4) is 0 Å². The molecule has 0 amide bonds. The second-order valence-electron chi connectivity index (χ2n) is 3.75. The number of nitrogens with one attached hydrogen (secondary N) is 1. The van der Waals surface area contributed by atoms with E-state index in [-0.39, 0.29) is 0 Å². The van der Waals surface area contributed by atoms with E-state index < -0.39 is 0 Å². The normalized spacial score (nSPS) is 15.3. The predicted molar refractivity (Wildman–Crippen MR) is 61.4 cm³/mol. The maximum Gasteiger partial charge on any atom is 0.198 e. The molecule has 80 valence electrons. The molecule has 0 spiro atoms. The molecule has 0 bridgehead atoms. The number of aliphatic imine (C=N–C) groups is 1. The summed E-state index contributed by atoms with van der Waals surface area (Å²) >= 11 is 0. The summed E-state index contributed by atoms with van der Waals surface area (Å²) in [6, 6.07) is 5.27. The van der Waals surface area contributed by atoms with E-state index in [1.807, 2.05) is 20.0 Å². The Kier molecular flexibility index (Phi) is 2.49. The van der Waals surface area contributed by atoms with Gasteiger partial charge in [0.25, 0.3) is 0 Å². The van der Waals surface area contributed by atoms with E-state index in [1.165, 1.54) is 0 Å². The van der Waals surface area contributed by atoms with Crippen molar-refractivity contribution in [3.8, 4) is 5.75 Å². The molecule has 4 nitrogen and oxygen atoms in total. The number of anilines is 1. The van der Waals surface area contributed by atoms with E-state index in [4.69, 9.17) is 0 Å². The topological polar surface area (TPSA) is 47.9 Å². The van der Waals surface area contributed by atoms with Crippen molar-refractivity contribution in [3.05, 3.63) is 23.8 Å². The van der Waals surface area contributed by atoms with Crippen LogP contribution in [0, 0.1) is 6.92 Å². The van der Waals surface area contributed by atoms with E-state index in [2.05, 4.69) is 15.2 Å². The SMILES string of the molecule is Cc1cc(O)ccc1NC1=NCCN1C. The third-order valence-corrected chi connectivity index (χ3v) is 2.52. The van der Waals surface area contributed by atoms with Crippen LogP contribution >= 0.6 is 0 Å². The first kappa shape index (κ1) is 9.83. The van der Waals surface area contributed by atoms with Gasteiger partial charge in [-0.05, 0) is 30.7 Å². The smallest absolute Gasteiger partial charge is 0.198 e. The predicted octanol–water partition coefficient (Wildman–Crippen LogP) is 1.41. The number of aromatic hydroxyl groups is 1. The zero-order valence-electron chi connectivity index (χ0n) is 8.99. The molecule has 0 aliphatic carbocycles. The van der Waals surface area contributed by atoms with Crippen molar-refractivity contribution in [2.45, 2.75) is 6.92 Å². The molecular formula is C11H15N3O. The summed E-state index contributed by atoms with van der Waals surface area (Å²) < 4.78 is 0. The van der Waals surface area contributed by atoms with Crippen molar-refractivity contribution < 1.29 is 5.11 Å². The highest BCUT2D eigenvalue weighted by Gasteiger charge is 2.12. The summed E-state index contributed by atoms with van der Waals surface area (Å²) in [5, 5.41) is 12.5. The first-order valence-corrected chi connectivity index (χ1v) is 4.99. The first-order valence-electron chi connectivity index (χ1n) is 4.99. The summed E-state index contributed by atoms with van der Waals surface area (Å²) in [5.74, 6) is 1.18. The van der Waals surface area contributed by atoms with Gasteiger partial charge in [0.05, 0.1) is 6.54 Å². The lowest BCUT2D eigenvalue weighted by Crippen LogP contribution is -2.29. The molecule has 0 atom stereocenters. The van der Waals surface area contributed by atoms with Gasteiger partial charge in [-0.2, -0.15) is 0 Å². The molecule has 1 aliphatic heterocycles. The highest BCUT2D eigenvalue weighted by Crippen LogP contribution is 2.20. The molecule has 0 saturated heterocycles. The van der Waals surface area contributed by atoms with Crippen LogP contribution in [0.15, 0.2) is 23.2 Å². The van der Waals surface area contributed by atoms with Gasteiger partial charge in [-0.1, -0.05) is 0 Å². The lowest BCUT2D eigenvalue weighted by Gasteiger charge is -2.16. The second kappa shape index (κ2) is 3.81. The number of phenols is 1. The highest BCUT2D eigenvalue weighted by molar-refractivity contribution is 5.95. The van der Waals surface area contributed by atoms with Gasteiger partial charge in [-0.3, -0.25) is 4.99 Å². The van der Waals surface area contributed by atoms with E-state index in [0.29, 0.717) is 5.75 Å². The summed E-state index contributed by atoms with van der Waals surface area (Å²) in [7, 11) is 2.01. The zero-order chi connectivity index (χ0) is 10.8. The minimum atomic E-state index is 0.291. The molecule has 0 fully saturated rings. The van der Waals surface area contributed by atoms with E-state index >= 15 is 0 Å². The van der Waals surface area contributed by atoms with Crippen molar-refractivity contribution in [2.75, 3.05) is 25.5 Å². The minimum absolute atomic E-state index is 0.291. The Labute approximate surface area is 89.2 Å². The summed E-state index contributed by atoms with van der Waals surface area (Å²) in [5.41, 5.74) is 2.00. The number of nitrogens with zero attached hydrogens (tertiary/aromatic N) is 2. The molecular weight excluding hydrogens is 190 g/mol. The number of benzene rings is 1. The Bertz CT molecular complexity index is 401. The average molecular weight is 205 g/mol. The van der Waals surface area contributed by atoms with Gasteiger partial charge in [0.15, 0.2) is 5.96 Å². The second-order valence-corrected chi connectivity index (χ2v) is 3.75. The molecule has 15 heavy (non-hydrogen) atoms. The summed E-state index contributed by atoms with van der Waals surface area (Å²) in [4.78, 5) is 6.42. The summed E-state index contributed by atoms with van der Waals surface area (Å²) in [6.07, 6.45) is 0. The largest absolute Gasteiger partial charge is 0.508 e. The number of rotatable bonds is 1. The Morgan fingerprint density at radius 1 is 1.47 bits per heavy atom. The van der Waals surface area contributed by atoms with Gasteiger partial charge >= 0.3 is 0 Å². The molecule has 1 aromatic carbocycles. The lowest BCUT2D eigenvalue weighted by atomic mass is 10.2. The quantitative estimate of drug-likeness (QED) is 0.681. The van der Waals surface area contributed by atoms with E-state index in [1.54, 1.807) is 12.1 Å². The van der Waals surface area contributed by atoms with Crippen molar-refractivity contribution in [3.63, 3.8) is 0 Å². The molecule has 4 heteroatoms. The van der Waals surface area contributed by atoms with Crippen LogP contribution in [0.25, 0.3) is 0 Å². The zero-order valence-corrected chi connectivity index (χ0v) is 8.99. The van der Waals surface area contributed by atoms with Gasteiger partial charge in [-0.25, -0.2) is 0 Å². The van der Waals surface area contributed by atoms with Crippen molar-refractivity contribution in [2.24, 2.45) is 4.99 Å². The standard InChI is InChI=1S/C11H15N3O/c1-8-7-9(15)3-4-10(8)13-11-12-5-6-14(11)2/h3-4,7,15H,5-6H2,1-2H3,(H,12,13). The lowest BCUT2D eigenvalue weighted by molar-refractivity contribution is 0.475. The van der Waals surface area contributed by atoms with Crippen molar-refractivity contribution in [1.82, 2.24) is 4.90 Å². The fourth-order valence-electron chi connectivity index (χ4n) is 1.58. The molecule has 1 heterocycles. The molecule has 0 saturated carbocycles. The summed E-state index contributed by atoms with van der Waals surface area (Å²) in [6.45, 7) is 3.76. The van der Waals surface area contributed by atoms with Crippen molar-refractivity contribution in [1.29, 1.82) is 0 Å². The van der Waals surface area contributed by atoms with Gasteiger partial charge in [0.2, 0.25) is 0 Å². The molecule has 0 radical (unpaired) electrons. The van der Waals surface area contributed by atoms with Crippen LogP contribution in [-0.2, 0) is 0 Å². The van der Waals surface area contributed by atoms with Crippen LogP contribution in [0.5, 0.6) is 5.75 Å². The van der Waals surface area contributed by atoms with E-state index in [9.17, 15) is 5.11 Å². The van der Waals surface area contributed by atoms with Gasteiger partial charge < -0.3 is 15.3 Å². The third-order valence-electron chi connectivity index (χ3n) is 2.52. The van der Waals surface area contributed by atoms with Gasteiger partial charge in [0.1, 0.15) is 5.75 Å². The maximum atomic E-state index is 9.28. The van der Waals surface area contributed by atoms with Crippen LogP contribution in [-0.4, -0.2) is 36.1 Å². The Balaban J connectivity index is 2.17. The molecule has 1 aromatic rings. The average Bonchev–Trinajstić information content (AvgIpc) is 2.57. The van der Waals surface area contributed by atoms with Crippen LogP contribution < -0.4 is 5.32 Å². The number of guanidine groups is 1. The van der Waals surface area contributed by atoms with Gasteiger partial charge in [-0.15, -0.1) is 0 Å². The number of hydrogen-bond donors (Lipinski definition) is 2. The fourth-order valence-corrected chi connectivity index (χ4v) is 1.58.